The maximum absolute atomic E-state index is 4.73. The van der Waals surface area contributed by atoms with E-state index in [1.54, 1.807) is 0 Å². The molecule has 1 atom stereocenters. The minimum Gasteiger partial charge on any atom is -0.373 e. The van der Waals surface area contributed by atoms with Gasteiger partial charge in [0.1, 0.15) is 11.6 Å². The lowest BCUT2D eigenvalue weighted by molar-refractivity contribution is 0.502. The molecule has 1 aromatic carbocycles. The normalized spacial score (nSPS) is 12.3. The van der Waals surface area contributed by atoms with E-state index in [1.165, 1.54) is 0 Å². The summed E-state index contributed by atoms with van der Waals surface area (Å²) in [6.45, 7) is 6.66. The predicted molar refractivity (Wildman–Crippen MR) is 89.7 cm³/mol. The minimum absolute atomic E-state index is 0.410. The van der Waals surface area contributed by atoms with Gasteiger partial charge in [0, 0.05) is 31.8 Å². The van der Waals surface area contributed by atoms with Gasteiger partial charge in [-0.1, -0.05) is 44.2 Å². The lowest BCUT2D eigenvalue weighted by Gasteiger charge is -2.29. The Kier molecular flexibility index (Phi) is 4.78. The fourth-order valence-electron chi connectivity index (χ4n) is 2.12. The maximum atomic E-state index is 4.73. The van der Waals surface area contributed by atoms with E-state index in [0.29, 0.717) is 12.0 Å². The van der Waals surface area contributed by atoms with E-state index in [9.17, 15) is 0 Å². The summed E-state index contributed by atoms with van der Waals surface area (Å²) in [4.78, 5) is 11.5. The zero-order valence-electron chi connectivity index (χ0n) is 13.5. The summed E-state index contributed by atoms with van der Waals surface area (Å²) >= 11 is 0. The predicted octanol–water partition coefficient (Wildman–Crippen LogP) is 3.67. The van der Waals surface area contributed by atoms with Crippen LogP contribution in [-0.2, 0) is 0 Å². The molecule has 0 saturated heterocycles. The van der Waals surface area contributed by atoms with Gasteiger partial charge in [0.15, 0.2) is 5.82 Å². The summed E-state index contributed by atoms with van der Waals surface area (Å²) in [5, 5.41) is 3.12. The van der Waals surface area contributed by atoms with Crippen LogP contribution < -0.4 is 10.2 Å². The molecule has 21 heavy (non-hydrogen) atoms. The number of nitrogens with one attached hydrogen (secondary N) is 1. The Morgan fingerprint density at radius 2 is 1.71 bits per heavy atom. The van der Waals surface area contributed by atoms with E-state index >= 15 is 0 Å². The highest BCUT2D eigenvalue weighted by molar-refractivity contribution is 5.61. The molecule has 1 unspecified atom stereocenters. The van der Waals surface area contributed by atoms with Gasteiger partial charge in [0.25, 0.3) is 0 Å². The van der Waals surface area contributed by atoms with Crippen LogP contribution in [0.3, 0.4) is 0 Å². The van der Waals surface area contributed by atoms with Crippen LogP contribution in [0, 0.1) is 5.92 Å². The highest BCUT2D eigenvalue weighted by atomic mass is 15.2. The van der Waals surface area contributed by atoms with Gasteiger partial charge in [-0.3, -0.25) is 0 Å². The fourth-order valence-corrected chi connectivity index (χ4v) is 2.12. The first-order valence-electron chi connectivity index (χ1n) is 7.38. The molecule has 2 aromatic rings. The van der Waals surface area contributed by atoms with Crippen molar-refractivity contribution in [2.45, 2.75) is 26.8 Å². The average Bonchev–Trinajstić information content (AvgIpc) is 2.53. The molecule has 0 fully saturated rings. The topological polar surface area (TPSA) is 41.0 Å². The molecule has 4 nitrogen and oxygen atoms in total. The Morgan fingerprint density at radius 1 is 1.05 bits per heavy atom. The van der Waals surface area contributed by atoms with E-state index < -0.39 is 0 Å². The van der Waals surface area contributed by atoms with Crippen molar-refractivity contribution in [2.75, 3.05) is 24.3 Å². The van der Waals surface area contributed by atoms with Crippen molar-refractivity contribution in [3.8, 4) is 11.4 Å². The average molecular weight is 284 g/mol. The quantitative estimate of drug-likeness (QED) is 0.909. The van der Waals surface area contributed by atoms with Gasteiger partial charge in [0.05, 0.1) is 0 Å². The number of anilines is 2. The largest absolute Gasteiger partial charge is 0.373 e. The second-order valence-electron chi connectivity index (χ2n) is 5.65. The molecule has 0 radical (unpaired) electrons. The molecule has 0 spiro atoms. The molecule has 112 valence electrons. The highest BCUT2D eigenvalue weighted by Gasteiger charge is 2.16. The van der Waals surface area contributed by atoms with Crippen LogP contribution in [0.25, 0.3) is 11.4 Å². The standard InChI is InChI=1S/C17H24N4/c1-12(2)13(3)21(5)16-11-15(18-4)19-17(20-16)14-9-7-6-8-10-14/h6-13H,1-5H3,(H,18,19,20). The van der Waals surface area contributed by atoms with Gasteiger partial charge < -0.3 is 10.2 Å². The minimum atomic E-state index is 0.410. The molecular weight excluding hydrogens is 260 g/mol. The van der Waals surface area contributed by atoms with E-state index in [1.807, 2.05) is 43.4 Å². The molecule has 0 aliphatic rings. The van der Waals surface area contributed by atoms with Crippen molar-refractivity contribution in [3.63, 3.8) is 0 Å². The second-order valence-corrected chi connectivity index (χ2v) is 5.65. The van der Waals surface area contributed by atoms with Crippen molar-refractivity contribution < 1.29 is 0 Å². The van der Waals surface area contributed by atoms with Gasteiger partial charge >= 0.3 is 0 Å². The van der Waals surface area contributed by atoms with Crippen LogP contribution in [0.1, 0.15) is 20.8 Å². The van der Waals surface area contributed by atoms with Gasteiger partial charge in [-0.15, -0.1) is 0 Å². The molecule has 4 heteroatoms. The third-order valence-corrected chi connectivity index (χ3v) is 3.94. The summed E-state index contributed by atoms with van der Waals surface area (Å²) < 4.78 is 0. The Morgan fingerprint density at radius 3 is 2.29 bits per heavy atom. The molecule has 1 heterocycles. The fraction of sp³-hybridized carbons (Fsp3) is 0.412. The number of hydrogen-bond donors (Lipinski definition) is 1. The zero-order valence-corrected chi connectivity index (χ0v) is 13.5. The molecule has 0 aliphatic heterocycles. The first-order chi connectivity index (χ1) is 10.0. The summed E-state index contributed by atoms with van der Waals surface area (Å²) in [5.74, 6) is 3.08. The Bertz CT molecular complexity index is 581. The van der Waals surface area contributed by atoms with Crippen molar-refractivity contribution in [3.05, 3.63) is 36.4 Å². The van der Waals surface area contributed by atoms with Crippen molar-refractivity contribution in [1.29, 1.82) is 0 Å². The van der Waals surface area contributed by atoms with Gasteiger partial charge in [-0.05, 0) is 12.8 Å². The van der Waals surface area contributed by atoms with Crippen LogP contribution in [0.4, 0.5) is 11.6 Å². The van der Waals surface area contributed by atoms with Gasteiger partial charge in [0.2, 0.25) is 0 Å². The van der Waals surface area contributed by atoms with Crippen LogP contribution >= 0.6 is 0 Å². The zero-order chi connectivity index (χ0) is 15.4. The Hall–Kier alpha value is -2.10. The van der Waals surface area contributed by atoms with E-state index in [4.69, 9.17) is 4.98 Å². The first kappa shape index (κ1) is 15.3. The molecule has 2 rings (SSSR count). The smallest absolute Gasteiger partial charge is 0.163 e. The highest BCUT2D eigenvalue weighted by Crippen LogP contribution is 2.24. The van der Waals surface area contributed by atoms with Crippen molar-refractivity contribution in [1.82, 2.24) is 9.97 Å². The Balaban J connectivity index is 2.43. The molecule has 0 amide bonds. The summed E-state index contributed by atoms with van der Waals surface area (Å²) in [6.07, 6.45) is 0. The summed E-state index contributed by atoms with van der Waals surface area (Å²) in [7, 11) is 3.97. The number of rotatable bonds is 5. The molecule has 0 saturated carbocycles. The number of benzene rings is 1. The van der Waals surface area contributed by atoms with E-state index in [0.717, 1.165) is 23.0 Å². The monoisotopic (exact) mass is 284 g/mol. The van der Waals surface area contributed by atoms with Gasteiger partial charge in [-0.25, -0.2) is 9.97 Å². The van der Waals surface area contributed by atoms with Crippen LogP contribution in [0.15, 0.2) is 36.4 Å². The number of aromatic nitrogens is 2. The number of hydrogen-bond acceptors (Lipinski definition) is 4. The van der Waals surface area contributed by atoms with E-state index in [2.05, 4.69) is 43.0 Å². The second kappa shape index (κ2) is 6.57. The SMILES string of the molecule is CNc1cc(N(C)C(C)C(C)C)nc(-c2ccccc2)n1. The van der Waals surface area contributed by atoms with Crippen molar-refractivity contribution in [2.24, 2.45) is 5.92 Å². The maximum Gasteiger partial charge on any atom is 0.163 e. The first-order valence-corrected chi connectivity index (χ1v) is 7.38. The summed E-state index contributed by atoms with van der Waals surface area (Å²) in [6, 6.07) is 12.5. The molecule has 0 bridgehead atoms. The van der Waals surface area contributed by atoms with Gasteiger partial charge in [-0.2, -0.15) is 0 Å². The van der Waals surface area contributed by atoms with Crippen LogP contribution in [0.5, 0.6) is 0 Å². The molecular formula is C17H24N4. The van der Waals surface area contributed by atoms with Crippen molar-refractivity contribution >= 4 is 11.6 Å². The number of nitrogens with zero attached hydrogens (tertiary/aromatic N) is 3. The third kappa shape index (κ3) is 3.51. The van der Waals surface area contributed by atoms with E-state index in [-0.39, 0.29) is 0 Å². The van der Waals surface area contributed by atoms with Crippen LogP contribution in [-0.4, -0.2) is 30.1 Å². The third-order valence-electron chi connectivity index (χ3n) is 3.94. The molecule has 0 aliphatic carbocycles. The van der Waals surface area contributed by atoms with Crippen LogP contribution in [0.2, 0.25) is 0 Å². The lowest BCUT2D eigenvalue weighted by atomic mass is 10.1. The molecule has 1 aromatic heterocycles. The summed E-state index contributed by atoms with van der Waals surface area (Å²) in [5.41, 5.74) is 1.03. The molecule has 1 N–H and O–H groups in total. The lowest BCUT2D eigenvalue weighted by Crippen LogP contribution is -2.34. The Labute approximate surface area is 127 Å².